The molecule has 2 N–H and O–H groups in total. The number of aromatic hydroxyl groups is 1. The van der Waals surface area contributed by atoms with Gasteiger partial charge in [0.25, 0.3) is 0 Å². The van der Waals surface area contributed by atoms with E-state index < -0.39 is 0 Å². The van der Waals surface area contributed by atoms with Crippen molar-refractivity contribution in [3.63, 3.8) is 0 Å². The van der Waals surface area contributed by atoms with Crippen molar-refractivity contribution in [1.29, 1.82) is 0 Å². The van der Waals surface area contributed by atoms with E-state index in [4.69, 9.17) is 0 Å². The van der Waals surface area contributed by atoms with Crippen LogP contribution in [0.15, 0.2) is 29.8 Å². The van der Waals surface area contributed by atoms with Crippen LogP contribution in [0.1, 0.15) is 120 Å². The van der Waals surface area contributed by atoms with E-state index in [1.165, 1.54) is 80.9 Å². The van der Waals surface area contributed by atoms with Crippen molar-refractivity contribution >= 4 is 0 Å². The minimum absolute atomic E-state index is 0.106. The molecule has 3 fully saturated rings. The maximum atomic E-state index is 12.8. The van der Waals surface area contributed by atoms with Gasteiger partial charge < -0.3 is 10.2 Å². The summed E-state index contributed by atoms with van der Waals surface area (Å²) >= 11 is 0. The molecule has 1 aromatic carbocycles. The number of hydrogen-bond donors (Lipinski definition) is 2. The van der Waals surface area contributed by atoms with Gasteiger partial charge in [0, 0.05) is 5.92 Å². The largest absolute Gasteiger partial charge is 0.508 e. The van der Waals surface area contributed by atoms with Gasteiger partial charge in [-0.1, -0.05) is 63.2 Å². The maximum Gasteiger partial charge on any atom is 0.115 e. The molecule has 0 aliphatic heterocycles. The Labute approximate surface area is 218 Å². The van der Waals surface area contributed by atoms with Crippen LogP contribution in [0, 0.1) is 29.1 Å². The SMILES string of the molecule is C[C@]12CC[C@@H]3c4ccc(O)cc4CC(CCCCCCCCCC=C4CCC4CF)[C@H]3[C@@H]1CC[C@@H]2O. The molecule has 4 aliphatic rings. The Balaban J connectivity index is 1.09. The first kappa shape index (κ1) is 26.3. The number of fused-ring (bicyclic) bond motifs is 5. The Morgan fingerprint density at radius 2 is 1.78 bits per heavy atom. The van der Waals surface area contributed by atoms with Crippen LogP contribution in [-0.2, 0) is 6.42 Å². The number of allylic oxidation sites excluding steroid dienone is 2. The van der Waals surface area contributed by atoms with Crippen LogP contribution in [0.3, 0.4) is 0 Å². The highest BCUT2D eigenvalue weighted by atomic mass is 19.1. The normalized spacial score (nSPS) is 36.2. The third kappa shape index (κ3) is 5.29. The van der Waals surface area contributed by atoms with Crippen LogP contribution in [-0.4, -0.2) is 23.0 Å². The number of benzene rings is 1. The first-order valence-corrected chi connectivity index (χ1v) is 15.3. The number of phenols is 1. The molecular formula is C33H49FO2. The lowest BCUT2D eigenvalue weighted by Gasteiger charge is -2.53. The summed E-state index contributed by atoms with van der Waals surface area (Å²) in [5.74, 6) is 3.30. The van der Waals surface area contributed by atoms with Crippen molar-refractivity contribution in [3.8, 4) is 5.75 Å². The molecule has 0 radical (unpaired) electrons. The Kier molecular flexibility index (Phi) is 8.45. The highest BCUT2D eigenvalue weighted by Crippen LogP contribution is 2.62. The van der Waals surface area contributed by atoms with Gasteiger partial charge in [0.15, 0.2) is 0 Å². The summed E-state index contributed by atoms with van der Waals surface area (Å²) in [6.07, 6.45) is 21.6. The molecule has 3 saturated carbocycles. The molecule has 7 atom stereocenters. The molecule has 2 unspecified atom stereocenters. The molecule has 0 saturated heterocycles. The average molecular weight is 497 g/mol. The zero-order chi connectivity index (χ0) is 25.1. The third-order valence-electron chi connectivity index (χ3n) is 11.0. The number of alkyl halides is 1. The minimum Gasteiger partial charge on any atom is -0.508 e. The molecule has 0 bridgehead atoms. The van der Waals surface area contributed by atoms with Crippen LogP contribution in [0.2, 0.25) is 0 Å². The predicted octanol–water partition coefficient (Wildman–Crippen LogP) is 8.65. The summed E-state index contributed by atoms with van der Waals surface area (Å²) in [5.41, 5.74) is 4.37. The predicted molar refractivity (Wildman–Crippen MR) is 146 cm³/mol. The van der Waals surface area contributed by atoms with Gasteiger partial charge in [0.1, 0.15) is 5.75 Å². The number of aliphatic hydroxyl groups excluding tert-OH is 1. The van der Waals surface area contributed by atoms with Gasteiger partial charge in [-0.15, -0.1) is 0 Å². The summed E-state index contributed by atoms with van der Waals surface area (Å²) < 4.78 is 12.8. The summed E-state index contributed by atoms with van der Waals surface area (Å²) in [5, 5.41) is 21.0. The van der Waals surface area contributed by atoms with Crippen LogP contribution in [0.4, 0.5) is 4.39 Å². The van der Waals surface area contributed by atoms with Gasteiger partial charge in [-0.3, -0.25) is 4.39 Å². The highest BCUT2D eigenvalue weighted by molar-refractivity contribution is 5.40. The number of unbranched alkanes of at least 4 members (excludes halogenated alkanes) is 7. The van der Waals surface area contributed by atoms with Gasteiger partial charge in [0.2, 0.25) is 0 Å². The maximum absolute atomic E-state index is 12.8. The Hall–Kier alpha value is -1.35. The highest BCUT2D eigenvalue weighted by Gasteiger charge is 2.56. The molecule has 0 amide bonds. The van der Waals surface area contributed by atoms with Crippen molar-refractivity contribution in [1.82, 2.24) is 0 Å². The van der Waals surface area contributed by atoms with Crippen LogP contribution < -0.4 is 0 Å². The summed E-state index contributed by atoms with van der Waals surface area (Å²) in [4.78, 5) is 0. The molecule has 36 heavy (non-hydrogen) atoms. The quantitative estimate of drug-likeness (QED) is 0.238. The second-order valence-electron chi connectivity index (χ2n) is 13.0. The first-order valence-electron chi connectivity index (χ1n) is 15.3. The molecule has 1 aromatic rings. The fourth-order valence-electron chi connectivity index (χ4n) is 8.71. The summed E-state index contributed by atoms with van der Waals surface area (Å²) in [6.45, 7) is 2.21. The zero-order valence-electron chi connectivity index (χ0n) is 22.6. The minimum atomic E-state index is -0.162. The molecular weight excluding hydrogens is 447 g/mol. The van der Waals surface area contributed by atoms with Crippen LogP contribution in [0.5, 0.6) is 5.75 Å². The van der Waals surface area contributed by atoms with Gasteiger partial charge in [0.05, 0.1) is 12.8 Å². The van der Waals surface area contributed by atoms with E-state index in [1.54, 1.807) is 0 Å². The van der Waals surface area contributed by atoms with Crippen LogP contribution in [0.25, 0.3) is 0 Å². The van der Waals surface area contributed by atoms with Gasteiger partial charge >= 0.3 is 0 Å². The zero-order valence-corrected chi connectivity index (χ0v) is 22.6. The van der Waals surface area contributed by atoms with E-state index in [2.05, 4.69) is 19.1 Å². The van der Waals surface area contributed by atoms with E-state index >= 15 is 0 Å². The van der Waals surface area contributed by atoms with Crippen molar-refractivity contribution in [2.75, 3.05) is 6.67 Å². The van der Waals surface area contributed by atoms with E-state index in [0.717, 1.165) is 38.5 Å². The van der Waals surface area contributed by atoms with Crippen molar-refractivity contribution in [2.24, 2.45) is 29.1 Å². The molecule has 200 valence electrons. The van der Waals surface area contributed by atoms with E-state index in [9.17, 15) is 14.6 Å². The summed E-state index contributed by atoms with van der Waals surface area (Å²) in [7, 11) is 0. The van der Waals surface area contributed by atoms with Gasteiger partial charge in [-0.05, 0) is 117 Å². The number of rotatable bonds is 11. The topological polar surface area (TPSA) is 40.5 Å². The number of aliphatic hydroxyl groups is 1. The van der Waals surface area contributed by atoms with Crippen LogP contribution >= 0.6 is 0 Å². The standard InChI is InChI=1S/C33H49FO2/c1-33-19-18-29-28-15-14-27(35)21-26(28)20-24(32(29)30(33)16-17-31(33)36)11-9-7-5-3-2-4-6-8-10-23-12-13-25(23)22-34/h10,14-15,21,24-25,29-32,35-36H,2-9,11-13,16-20,22H2,1H3/t24?,25?,29-,30+,31+,32-,33+/m1/s1. The fraction of sp³-hybridized carbons (Fsp3) is 0.758. The molecule has 0 spiro atoms. The Bertz CT molecular complexity index is 907. The molecule has 0 aromatic heterocycles. The smallest absolute Gasteiger partial charge is 0.115 e. The molecule has 2 nitrogen and oxygen atoms in total. The van der Waals surface area contributed by atoms with Gasteiger partial charge in [-0.25, -0.2) is 0 Å². The average Bonchev–Trinajstić information content (AvgIpc) is 3.15. The summed E-state index contributed by atoms with van der Waals surface area (Å²) in [6, 6.07) is 6.13. The number of phenolic OH excluding ortho intramolecular Hbond substituents is 1. The lowest BCUT2D eigenvalue weighted by Crippen LogP contribution is -2.47. The Morgan fingerprint density at radius 1 is 1.00 bits per heavy atom. The monoisotopic (exact) mass is 496 g/mol. The number of hydrogen-bond acceptors (Lipinski definition) is 2. The molecule has 4 aliphatic carbocycles. The fourth-order valence-corrected chi connectivity index (χ4v) is 8.71. The lowest BCUT2D eigenvalue weighted by molar-refractivity contribution is -0.0396. The molecule has 3 heteroatoms. The van der Waals surface area contributed by atoms with Crippen molar-refractivity contribution < 1.29 is 14.6 Å². The van der Waals surface area contributed by atoms with Crippen molar-refractivity contribution in [2.45, 2.75) is 122 Å². The Morgan fingerprint density at radius 3 is 2.53 bits per heavy atom. The first-order chi connectivity index (χ1) is 17.5. The van der Waals surface area contributed by atoms with E-state index in [1.807, 2.05) is 12.1 Å². The molecule has 0 heterocycles. The van der Waals surface area contributed by atoms with E-state index in [-0.39, 0.29) is 24.1 Å². The van der Waals surface area contributed by atoms with Gasteiger partial charge in [-0.2, -0.15) is 0 Å². The number of halogens is 1. The third-order valence-corrected chi connectivity index (χ3v) is 11.0. The lowest BCUT2D eigenvalue weighted by atomic mass is 9.52. The van der Waals surface area contributed by atoms with E-state index in [0.29, 0.717) is 29.4 Å². The van der Waals surface area contributed by atoms with Crippen molar-refractivity contribution in [3.05, 3.63) is 41.0 Å². The second kappa shape index (κ2) is 11.6. The second-order valence-corrected chi connectivity index (χ2v) is 13.0. The molecule has 5 rings (SSSR count).